The lowest BCUT2D eigenvalue weighted by atomic mass is 10.2. The lowest BCUT2D eigenvalue weighted by Crippen LogP contribution is -2.31. The highest BCUT2D eigenvalue weighted by Crippen LogP contribution is 2.31. The fourth-order valence-corrected chi connectivity index (χ4v) is 2.36. The first kappa shape index (κ1) is 20.0. The van der Waals surface area contributed by atoms with Crippen LogP contribution in [0.2, 0.25) is 0 Å². The van der Waals surface area contributed by atoms with Crippen molar-refractivity contribution in [2.24, 2.45) is 0 Å². The van der Waals surface area contributed by atoms with Crippen LogP contribution in [0.15, 0.2) is 42.5 Å². The molecule has 0 radical (unpaired) electrons. The van der Waals surface area contributed by atoms with Crippen molar-refractivity contribution in [3.8, 4) is 17.2 Å². The summed E-state index contributed by atoms with van der Waals surface area (Å²) in [6.07, 6.45) is 0. The zero-order chi connectivity index (χ0) is 19.8. The van der Waals surface area contributed by atoms with Gasteiger partial charge in [0.1, 0.15) is 11.5 Å². The minimum Gasteiger partial charge on any atom is -0.496 e. The molecule has 0 fully saturated rings. The van der Waals surface area contributed by atoms with Gasteiger partial charge < -0.3 is 19.1 Å². The molecule has 27 heavy (non-hydrogen) atoms. The number of hydrogen-bond donors (Lipinski definition) is 0. The molecular formula is C19H22N2O6. The number of nitro benzene ring substituents is 1. The molecule has 0 aliphatic rings. The van der Waals surface area contributed by atoms with Gasteiger partial charge in [0, 0.05) is 13.6 Å². The third kappa shape index (κ3) is 5.60. The van der Waals surface area contributed by atoms with Crippen LogP contribution in [0, 0.1) is 10.1 Å². The Labute approximate surface area is 157 Å². The maximum atomic E-state index is 12.3. The summed E-state index contributed by atoms with van der Waals surface area (Å²) >= 11 is 0. The van der Waals surface area contributed by atoms with Crippen molar-refractivity contribution < 1.29 is 23.9 Å². The molecule has 0 atom stereocenters. The standard InChI is InChI=1S/C19H22N2O6/c1-4-26-15-7-5-14(6-8-15)12-20(2)19(22)13-27-18-10-9-16(25-3)11-17(18)21(23)24/h5-11H,4,12-13H2,1-3H3. The second-order valence-electron chi connectivity index (χ2n) is 5.71. The molecule has 0 aromatic heterocycles. The van der Waals surface area contributed by atoms with Gasteiger partial charge in [-0.25, -0.2) is 0 Å². The summed E-state index contributed by atoms with van der Waals surface area (Å²) in [6, 6.07) is 11.6. The van der Waals surface area contributed by atoms with E-state index in [4.69, 9.17) is 14.2 Å². The van der Waals surface area contributed by atoms with E-state index in [0.717, 1.165) is 11.3 Å². The second kappa shape index (κ2) is 9.42. The molecule has 2 rings (SSSR count). The van der Waals surface area contributed by atoms with Crippen LogP contribution < -0.4 is 14.2 Å². The number of nitrogens with zero attached hydrogens (tertiary/aromatic N) is 2. The molecule has 0 saturated heterocycles. The zero-order valence-electron chi connectivity index (χ0n) is 15.5. The highest BCUT2D eigenvalue weighted by Gasteiger charge is 2.18. The van der Waals surface area contributed by atoms with Crippen LogP contribution >= 0.6 is 0 Å². The minimum absolute atomic E-state index is 0.0172. The Morgan fingerprint density at radius 2 is 1.78 bits per heavy atom. The quantitative estimate of drug-likeness (QED) is 0.495. The lowest BCUT2D eigenvalue weighted by Gasteiger charge is -2.18. The average Bonchev–Trinajstić information content (AvgIpc) is 2.67. The molecule has 0 N–H and O–H groups in total. The van der Waals surface area contributed by atoms with E-state index in [2.05, 4.69) is 0 Å². The largest absolute Gasteiger partial charge is 0.496 e. The van der Waals surface area contributed by atoms with Crippen LogP contribution in [0.5, 0.6) is 17.2 Å². The Bertz CT molecular complexity index is 791. The van der Waals surface area contributed by atoms with Crippen molar-refractivity contribution in [1.29, 1.82) is 0 Å². The summed E-state index contributed by atoms with van der Waals surface area (Å²) in [6.45, 7) is 2.58. The maximum absolute atomic E-state index is 12.3. The van der Waals surface area contributed by atoms with Crippen molar-refractivity contribution in [3.63, 3.8) is 0 Å². The fourth-order valence-electron chi connectivity index (χ4n) is 2.36. The molecule has 2 aromatic rings. The van der Waals surface area contributed by atoms with Gasteiger partial charge in [-0.05, 0) is 36.8 Å². The third-order valence-electron chi connectivity index (χ3n) is 3.79. The molecule has 0 unspecified atom stereocenters. The average molecular weight is 374 g/mol. The van der Waals surface area contributed by atoms with Gasteiger partial charge in [0.05, 0.1) is 24.7 Å². The molecule has 0 aliphatic heterocycles. The molecule has 8 heteroatoms. The Morgan fingerprint density at radius 3 is 2.37 bits per heavy atom. The number of likely N-dealkylation sites (N-methyl/N-ethyl adjacent to an activating group) is 1. The van der Waals surface area contributed by atoms with E-state index in [1.165, 1.54) is 30.2 Å². The number of carbonyl (C=O) groups excluding carboxylic acids is 1. The van der Waals surface area contributed by atoms with E-state index in [1.54, 1.807) is 7.05 Å². The molecule has 8 nitrogen and oxygen atoms in total. The third-order valence-corrected chi connectivity index (χ3v) is 3.79. The maximum Gasteiger partial charge on any atom is 0.314 e. The number of hydrogen-bond acceptors (Lipinski definition) is 6. The van der Waals surface area contributed by atoms with Crippen molar-refractivity contribution >= 4 is 11.6 Å². The van der Waals surface area contributed by atoms with Gasteiger partial charge in [-0.3, -0.25) is 14.9 Å². The van der Waals surface area contributed by atoms with E-state index in [-0.39, 0.29) is 24.0 Å². The number of methoxy groups -OCH3 is 1. The zero-order valence-corrected chi connectivity index (χ0v) is 15.5. The van der Waals surface area contributed by atoms with Crippen LogP contribution in [0.25, 0.3) is 0 Å². The first-order valence-electron chi connectivity index (χ1n) is 8.35. The molecule has 144 valence electrons. The van der Waals surface area contributed by atoms with Gasteiger partial charge in [-0.15, -0.1) is 0 Å². The van der Waals surface area contributed by atoms with Crippen LogP contribution in [-0.2, 0) is 11.3 Å². The topological polar surface area (TPSA) is 91.1 Å². The number of nitro groups is 1. The second-order valence-corrected chi connectivity index (χ2v) is 5.71. The summed E-state index contributed by atoms with van der Waals surface area (Å²) in [5.41, 5.74) is 0.682. The van der Waals surface area contributed by atoms with E-state index >= 15 is 0 Å². The van der Waals surface area contributed by atoms with Crippen molar-refractivity contribution in [2.75, 3.05) is 27.4 Å². The molecule has 1 amide bonds. The van der Waals surface area contributed by atoms with Crippen molar-refractivity contribution in [2.45, 2.75) is 13.5 Å². The first-order chi connectivity index (χ1) is 12.9. The SMILES string of the molecule is CCOc1ccc(CN(C)C(=O)COc2ccc(OC)cc2[N+](=O)[O-])cc1. The minimum atomic E-state index is -0.577. The van der Waals surface area contributed by atoms with Crippen LogP contribution in [0.3, 0.4) is 0 Å². The van der Waals surface area contributed by atoms with Crippen LogP contribution in [0.4, 0.5) is 5.69 Å². The van der Waals surface area contributed by atoms with Crippen molar-refractivity contribution in [1.82, 2.24) is 4.90 Å². The van der Waals surface area contributed by atoms with Gasteiger partial charge in [-0.2, -0.15) is 0 Å². The molecule has 0 saturated carbocycles. The normalized spacial score (nSPS) is 10.2. The summed E-state index contributed by atoms with van der Waals surface area (Å²) in [5, 5.41) is 11.1. The summed E-state index contributed by atoms with van der Waals surface area (Å²) < 4.78 is 15.7. The van der Waals surface area contributed by atoms with Gasteiger partial charge in [-0.1, -0.05) is 12.1 Å². The smallest absolute Gasteiger partial charge is 0.314 e. The first-order valence-corrected chi connectivity index (χ1v) is 8.35. The predicted octanol–water partition coefficient (Wildman–Crippen LogP) is 3.04. The number of benzene rings is 2. The summed E-state index contributed by atoms with van der Waals surface area (Å²) in [7, 11) is 3.06. The molecule has 0 bridgehead atoms. The van der Waals surface area contributed by atoms with Gasteiger partial charge in [0.25, 0.3) is 5.91 Å². The number of carbonyl (C=O) groups is 1. The predicted molar refractivity (Wildman–Crippen MR) is 99.2 cm³/mol. The Balaban J connectivity index is 1.95. The Kier molecular flexibility index (Phi) is 6.99. The highest BCUT2D eigenvalue weighted by atomic mass is 16.6. The van der Waals surface area contributed by atoms with Crippen molar-refractivity contribution in [3.05, 3.63) is 58.1 Å². The monoisotopic (exact) mass is 374 g/mol. The lowest BCUT2D eigenvalue weighted by molar-refractivity contribution is -0.385. The number of rotatable bonds is 9. The van der Waals surface area contributed by atoms with E-state index in [1.807, 2.05) is 31.2 Å². The molecule has 2 aromatic carbocycles. The summed E-state index contributed by atoms with van der Waals surface area (Å²) in [4.78, 5) is 24.3. The molecule has 0 spiro atoms. The molecular weight excluding hydrogens is 352 g/mol. The molecule has 0 heterocycles. The Morgan fingerprint density at radius 1 is 1.11 bits per heavy atom. The Hall–Kier alpha value is -3.29. The number of amides is 1. The highest BCUT2D eigenvalue weighted by molar-refractivity contribution is 5.77. The van der Waals surface area contributed by atoms with Gasteiger partial charge >= 0.3 is 5.69 Å². The fraction of sp³-hybridized carbons (Fsp3) is 0.316. The van der Waals surface area contributed by atoms with E-state index in [0.29, 0.717) is 18.9 Å². The van der Waals surface area contributed by atoms with Crippen LogP contribution in [-0.4, -0.2) is 43.1 Å². The number of ether oxygens (including phenoxy) is 3. The van der Waals surface area contributed by atoms with Gasteiger partial charge in [0.15, 0.2) is 12.4 Å². The van der Waals surface area contributed by atoms with E-state index < -0.39 is 4.92 Å². The summed E-state index contributed by atoms with van der Waals surface area (Å²) in [5.74, 6) is 0.830. The van der Waals surface area contributed by atoms with Crippen LogP contribution in [0.1, 0.15) is 12.5 Å². The van der Waals surface area contributed by atoms with Gasteiger partial charge in [0.2, 0.25) is 0 Å². The van der Waals surface area contributed by atoms with E-state index in [9.17, 15) is 14.9 Å². The molecule has 0 aliphatic carbocycles.